The summed E-state index contributed by atoms with van der Waals surface area (Å²) in [5, 5.41) is 4.51. The summed E-state index contributed by atoms with van der Waals surface area (Å²) < 4.78 is 13.8. The van der Waals surface area contributed by atoms with Crippen LogP contribution in [0.4, 0.5) is 0 Å². The lowest BCUT2D eigenvalue weighted by Crippen LogP contribution is -2.35. The van der Waals surface area contributed by atoms with E-state index in [-0.39, 0.29) is 18.4 Å². The minimum atomic E-state index is -0.138. The molecule has 2 aromatic carbocycles. The summed E-state index contributed by atoms with van der Waals surface area (Å²) >= 11 is 0. The summed E-state index contributed by atoms with van der Waals surface area (Å²) in [6, 6.07) is 15.0. The lowest BCUT2D eigenvalue weighted by atomic mass is 10.1. The van der Waals surface area contributed by atoms with Crippen LogP contribution in [0.3, 0.4) is 0 Å². The average Bonchev–Trinajstić information content (AvgIpc) is 3.26. The fraction of sp³-hybridized carbons (Fsp3) is 0.286. The predicted molar refractivity (Wildman–Crippen MR) is 104 cm³/mol. The van der Waals surface area contributed by atoms with Gasteiger partial charge < -0.3 is 14.4 Å². The standard InChI is InChI=1S/C21H20N4O4/c26-20(16-6-7-17-18(12-16)29-14-28-17)23-9-8-19-22-25(21(27)24(19)11-10-23)13-15-4-2-1-3-5-15/h1-7,12H,8-11,13-14H2. The first-order valence-electron chi connectivity index (χ1n) is 9.58. The molecule has 0 radical (unpaired) electrons. The van der Waals surface area contributed by atoms with Crippen molar-refractivity contribution in [2.45, 2.75) is 19.5 Å². The number of rotatable bonds is 3. The molecule has 1 amide bonds. The molecular weight excluding hydrogens is 372 g/mol. The van der Waals surface area contributed by atoms with Crippen LogP contribution in [-0.2, 0) is 19.5 Å². The van der Waals surface area contributed by atoms with Gasteiger partial charge in [0.1, 0.15) is 5.82 Å². The number of ether oxygens (including phenoxy) is 2. The molecule has 0 fully saturated rings. The maximum absolute atomic E-state index is 12.9. The maximum atomic E-state index is 12.9. The molecule has 0 bridgehead atoms. The third-order valence-electron chi connectivity index (χ3n) is 5.28. The Morgan fingerprint density at radius 3 is 2.69 bits per heavy atom. The predicted octanol–water partition coefficient (Wildman–Crippen LogP) is 1.52. The SMILES string of the molecule is O=C(c1ccc2c(c1)OCO2)N1CCc2nn(Cc3ccccc3)c(=O)n2CC1. The van der Waals surface area contributed by atoms with Crippen LogP contribution in [0.1, 0.15) is 21.7 Å². The van der Waals surface area contributed by atoms with Gasteiger partial charge in [0.05, 0.1) is 6.54 Å². The normalized spacial score (nSPS) is 15.1. The number of aromatic nitrogens is 3. The van der Waals surface area contributed by atoms with Crippen LogP contribution in [0.2, 0.25) is 0 Å². The lowest BCUT2D eigenvalue weighted by molar-refractivity contribution is 0.0758. The second-order valence-corrected chi connectivity index (χ2v) is 7.10. The van der Waals surface area contributed by atoms with Gasteiger partial charge in [-0.25, -0.2) is 9.48 Å². The zero-order chi connectivity index (χ0) is 19.8. The van der Waals surface area contributed by atoms with Crippen molar-refractivity contribution in [3.05, 3.63) is 76.0 Å². The number of benzene rings is 2. The molecule has 3 heterocycles. The fourth-order valence-electron chi connectivity index (χ4n) is 3.74. The molecule has 29 heavy (non-hydrogen) atoms. The summed E-state index contributed by atoms with van der Waals surface area (Å²) in [6.07, 6.45) is 0.535. The highest BCUT2D eigenvalue weighted by molar-refractivity contribution is 5.95. The van der Waals surface area contributed by atoms with Crippen molar-refractivity contribution < 1.29 is 14.3 Å². The summed E-state index contributed by atoms with van der Waals surface area (Å²) in [6.45, 7) is 2.01. The second-order valence-electron chi connectivity index (χ2n) is 7.10. The Labute approximate surface area is 166 Å². The highest BCUT2D eigenvalue weighted by atomic mass is 16.7. The molecule has 2 aliphatic heterocycles. The van der Waals surface area contributed by atoms with Crippen molar-refractivity contribution in [2.24, 2.45) is 0 Å². The third kappa shape index (κ3) is 3.26. The molecular formula is C21H20N4O4. The minimum Gasteiger partial charge on any atom is -0.454 e. The molecule has 8 nitrogen and oxygen atoms in total. The molecule has 0 saturated carbocycles. The maximum Gasteiger partial charge on any atom is 0.346 e. The van der Waals surface area contributed by atoms with Gasteiger partial charge in [0.25, 0.3) is 5.91 Å². The highest BCUT2D eigenvalue weighted by Crippen LogP contribution is 2.32. The van der Waals surface area contributed by atoms with Gasteiger partial charge in [0, 0.05) is 31.6 Å². The number of amides is 1. The number of hydrogen-bond acceptors (Lipinski definition) is 5. The van der Waals surface area contributed by atoms with Crippen molar-refractivity contribution >= 4 is 5.91 Å². The summed E-state index contributed by atoms with van der Waals surface area (Å²) in [7, 11) is 0. The number of fused-ring (bicyclic) bond motifs is 2. The Hall–Kier alpha value is -3.55. The Balaban J connectivity index is 1.32. The zero-order valence-electron chi connectivity index (χ0n) is 15.8. The van der Waals surface area contributed by atoms with Crippen molar-refractivity contribution in [3.63, 3.8) is 0 Å². The fourth-order valence-corrected chi connectivity index (χ4v) is 3.74. The monoisotopic (exact) mass is 392 g/mol. The average molecular weight is 392 g/mol. The zero-order valence-corrected chi connectivity index (χ0v) is 15.8. The Bertz CT molecular complexity index is 1120. The van der Waals surface area contributed by atoms with Gasteiger partial charge >= 0.3 is 5.69 Å². The van der Waals surface area contributed by atoms with E-state index < -0.39 is 0 Å². The van der Waals surface area contributed by atoms with Crippen LogP contribution in [-0.4, -0.2) is 45.0 Å². The van der Waals surface area contributed by atoms with Crippen molar-refractivity contribution in [1.82, 2.24) is 19.2 Å². The minimum absolute atomic E-state index is 0.0846. The third-order valence-corrected chi connectivity index (χ3v) is 5.28. The van der Waals surface area contributed by atoms with E-state index in [1.165, 1.54) is 4.68 Å². The van der Waals surface area contributed by atoms with Crippen LogP contribution in [0, 0.1) is 0 Å². The molecule has 1 aromatic heterocycles. The molecule has 0 unspecified atom stereocenters. The molecule has 0 spiro atoms. The van der Waals surface area contributed by atoms with E-state index in [1.807, 2.05) is 30.3 Å². The van der Waals surface area contributed by atoms with E-state index >= 15 is 0 Å². The molecule has 5 rings (SSSR count). The van der Waals surface area contributed by atoms with Crippen LogP contribution < -0.4 is 15.2 Å². The van der Waals surface area contributed by atoms with Crippen LogP contribution in [0.5, 0.6) is 11.5 Å². The van der Waals surface area contributed by atoms with Crippen molar-refractivity contribution in [1.29, 1.82) is 0 Å². The van der Waals surface area contributed by atoms with E-state index in [0.717, 1.165) is 5.56 Å². The Kier molecular flexibility index (Phi) is 4.31. The lowest BCUT2D eigenvalue weighted by Gasteiger charge is -2.20. The van der Waals surface area contributed by atoms with Gasteiger partial charge in [-0.2, -0.15) is 5.10 Å². The van der Waals surface area contributed by atoms with E-state index in [0.29, 0.717) is 55.5 Å². The van der Waals surface area contributed by atoms with Gasteiger partial charge in [-0.1, -0.05) is 30.3 Å². The van der Waals surface area contributed by atoms with E-state index in [1.54, 1.807) is 27.7 Å². The Morgan fingerprint density at radius 1 is 1.00 bits per heavy atom. The van der Waals surface area contributed by atoms with Gasteiger partial charge in [-0.15, -0.1) is 0 Å². The van der Waals surface area contributed by atoms with Crippen LogP contribution in [0.25, 0.3) is 0 Å². The quantitative estimate of drug-likeness (QED) is 0.675. The first-order chi connectivity index (χ1) is 14.2. The first kappa shape index (κ1) is 17.5. The highest BCUT2D eigenvalue weighted by Gasteiger charge is 2.24. The molecule has 0 atom stereocenters. The summed E-state index contributed by atoms with van der Waals surface area (Å²) in [5.41, 5.74) is 1.44. The van der Waals surface area contributed by atoms with Crippen LogP contribution >= 0.6 is 0 Å². The first-order valence-corrected chi connectivity index (χ1v) is 9.58. The largest absolute Gasteiger partial charge is 0.454 e. The topological polar surface area (TPSA) is 78.6 Å². The van der Waals surface area contributed by atoms with Gasteiger partial charge in [-0.3, -0.25) is 9.36 Å². The van der Waals surface area contributed by atoms with Crippen molar-refractivity contribution in [2.75, 3.05) is 19.9 Å². The molecule has 0 aliphatic carbocycles. The number of carbonyl (C=O) groups excluding carboxylic acids is 1. The summed E-state index contributed by atoms with van der Waals surface area (Å²) in [4.78, 5) is 27.5. The molecule has 3 aromatic rings. The molecule has 0 N–H and O–H groups in total. The van der Waals surface area contributed by atoms with Crippen LogP contribution in [0.15, 0.2) is 53.3 Å². The second kappa shape index (κ2) is 7.12. The number of nitrogens with zero attached hydrogens (tertiary/aromatic N) is 4. The number of carbonyl (C=O) groups is 1. The molecule has 148 valence electrons. The van der Waals surface area contributed by atoms with Crippen molar-refractivity contribution in [3.8, 4) is 11.5 Å². The van der Waals surface area contributed by atoms with Gasteiger partial charge in [-0.05, 0) is 23.8 Å². The van der Waals surface area contributed by atoms with Gasteiger partial charge in [0.2, 0.25) is 6.79 Å². The van der Waals surface area contributed by atoms with E-state index in [4.69, 9.17) is 9.47 Å². The van der Waals surface area contributed by atoms with E-state index in [9.17, 15) is 9.59 Å². The van der Waals surface area contributed by atoms with Gasteiger partial charge in [0.15, 0.2) is 11.5 Å². The number of hydrogen-bond donors (Lipinski definition) is 0. The summed E-state index contributed by atoms with van der Waals surface area (Å²) in [5.74, 6) is 1.87. The molecule has 8 heteroatoms. The smallest absolute Gasteiger partial charge is 0.346 e. The molecule has 2 aliphatic rings. The Morgan fingerprint density at radius 2 is 1.83 bits per heavy atom. The molecule has 0 saturated heterocycles. The van der Waals surface area contributed by atoms with E-state index in [2.05, 4.69) is 5.10 Å².